The maximum Gasteiger partial charge on any atom is 0.416 e. The molecule has 22 heavy (non-hydrogen) atoms. The van der Waals surface area contributed by atoms with E-state index in [-0.39, 0.29) is 12.1 Å². The molecule has 0 atom stereocenters. The maximum atomic E-state index is 12.6. The van der Waals surface area contributed by atoms with Crippen molar-refractivity contribution in [2.24, 2.45) is 0 Å². The van der Waals surface area contributed by atoms with Crippen LogP contribution in [0.3, 0.4) is 0 Å². The average Bonchev–Trinajstić information content (AvgIpc) is 2.33. The molecule has 0 aliphatic heterocycles. The van der Waals surface area contributed by atoms with E-state index in [0.717, 1.165) is 12.1 Å². The van der Waals surface area contributed by atoms with Crippen molar-refractivity contribution in [1.82, 2.24) is 5.32 Å². The van der Waals surface area contributed by atoms with Gasteiger partial charge in [-0.15, -0.1) is 0 Å². The Balaban J connectivity index is 2.71. The van der Waals surface area contributed by atoms with Gasteiger partial charge in [-0.05, 0) is 45.4 Å². The number of nitrogens with one attached hydrogen (secondary N) is 1. The fourth-order valence-corrected chi connectivity index (χ4v) is 1.50. The highest BCUT2D eigenvalue weighted by Gasteiger charge is 2.30. The number of hydrogen-bond acceptors (Lipinski definition) is 2. The van der Waals surface area contributed by atoms with Crippen LogP contribution in [-0.4, -0.2) is 18.2 Å². The second-order valence-corrected chi connectivity index (χ2v) is 5.68. The van der Waals surface area contributed by atoms with Gasteiger partial charge in [0.25, 0.3) is 0 Å². The third-order valence-corrected chi connectivity index (χ3v) is 2.51. The third kappa shape index (κ3) is 6.08. The molecule has 0 fully saturated rings. The Morgan fingerprint density at radius 2 is 1.91 bits per heavy atom. The van der Waals surface area contributed by atoms with Gasteiger partial charge in [0.15, 0.2) is 0 Å². The molecular formula is C16H18F3NO2. The number of alkyl carbamates (subject to hydrolysis) is 1. The zero-order chi connectivity index (χ0) is 17.0. The van der Waals surface area contributed by atoms with Crippen molar-refractivity contribution >= 4 is 6.09 Å². The number of benzene rings is 1. The van der Waals surface area contributed by atoms with E-state index in [9.17, 15) is 18.0 Å². The maximum absolute atomic E-state index is 12.6. The highest BCUT2D eigenvalue weighted by Crippen LogP contribution is 2.30. The normalized spacial score (nSPS) is 11.4. The van der Waals surface area contributed by atoms with Crippen molar-refractivity contribution in [3.8, 4) is 11.8 Å². The number of aryl methyl sites for hydroxylation is 1. The molecule has 0 unspecified atom stereocenters. The van der Waals surface area contributed by atoms with Gasteiger partial charge < -0.3 is 10.1 Å². The fraction of sp³-hybridized carbons (Fsp3) is 0.438. The third-order valence-electron chi connectivity index (χ3n) is 2.51. The molecule has 1 N–H and O–H groups in total. The Hall–Kier alpha value is -2.16. The number of hydrogen-bond donors (Lipinski definition) is 1. The second-order valence-electron chi connectivity index (χ2n) is 5.68. The highest BCUT2D eigenvalue weighted by molar-refractivity contribution is 5.68. The first kappa shape index (κ1) is 17.9. The number of halogens is 3. The first-order valence-corrected chi connectivity index (χ1v) is 6.62. The molecule has 1 rings (SSSR count). The Kier molecular flexibility index (Phi) is 5.48. The number of amides is 1. The molecule has 1 aromatic carbocycles. The van der Waals surface area contributed by atoms with E-state index in [4.69, 9.17) is 4.74 Å². The Bertz CT molecular complexity index is 605. The van der Waals surface area contributed by atoms with Gasteiger partial charge in [0.05, 0.1) is 12.1 Å². The largest absolute Gasteiger partial charge is 0.444 e. The minimum Gasteiger partial charge on any atom is -0.444 e. The molecule has 0 saturated carbocycles. The van der Waals surface area contributed by atoms with Gasteiger partial charge in [-0.2, -0.15) is 13.2 Å². The van der Waals surface area contributed by atoms with E-state index < -0.39 is 23.4 Å². The van der Waals surface area contributed by atoms with Crippen LogP contribution in [0.4, 0.5) is 18.0 Å². The number of alkyl halides is 3. The molecular weight excluding hydrogens is 295 g/mol. The van der Waals surface area contributed by atoms with Gasteiger partial charge in [0, 0.05) is 5.56 Å². The van der Waals surface area contributed by atoms with Gasteiger partial charge >= 0.3 is 12.3 Å². The van der Waals surface area contributed by atoms with Gasteiger partial charge in [-0.1, -0.05) is 17.9 Å². The van der Waals surface area contributed by atoms with Gasteiger partial charge in [-0.25, -0.2) is 4.79 Å². The van der Waals surface area contributed by atoms with Crippen molar-refractivity contribution in [2.45, 2.75) is 39.5 Å². The second kappa shape index (κ2) is 6.73. The lowest BCUT2D eigenvalue weighted by Crippen LogP contribution is -2.32. The predicted octanol–water partition coefficient (Wildman–Crippen LogP) is 3.89. The van der Waals surface area contributed by atoms with E-state index in [0.29, 0.717) is 5.56 Å². The molecule has 6 heteroatoms. The van der Waals surface area contributed by atoms with Crippen molar-refractivity contribution in [1.29, 1.82) is 0 Å². The van der Waals surface area contributed by atoms with Crippen molar-refractivity contribution in [3.63, 3.8) is 0 Å². The molecule has 3 nitrogen and oxygen atoms in total. The summed E-state index contributed by atoms with van der Waals surface area (Å²) in [6.45, 7) is 6.84. The van der Waals surface area contributed by atoms with E-state index in [1.165, 1.54) is 6.07 Å². The zero-order valence-corrected chi connectivity index (χ0v) is 12.9. The first-order chi connectivity index (χ1) is 9.99. The Morgan fingerprint density at radius 1 is 1.27 bits per heavy atom. The number of carbonyl (C=O) groups excluding carboxylic acids is 1. The van der Waals surface area contributed by atoms with E-state index in [1.807, 2.05) is 0 Å². The van der Waals surface area contributed by atoms with E-state index >= 15 is 0 Å². The van der Waals surface area contributed by atoms with Crippen molar-refractivity contribution < 1.29 is 22.7 Å². The summed E-state index contributed by atoms with van der Waals surface area (Å²) in [5.41, 5.74) is -0.448. The lowest BCUT2D eigenvalue weighted by molar-refractivity contribution is -0.137. The summed E-state index contributed by atoms with van der Waals surface area (Å²) < 4.78 is 42.9. The molecule has 0 aliphatic carbocycles. The van der Waals surface area contributed by atoms with Crippen molar-refractivity contribution in [3.05, 3.63) is 34.9 Å². The summed E-state index contributed by atoms with van der Waals surface area (Å²) >= 11 is 0. The average molecular weight is 313 g/mol. The zero-order valence-electron chi connectivity index (χ0n) is 12.9. The van der Waals surface area contributed by atoms with E-state index in [1.54, 1.807) is 27.7 Å². The van der Waals surface area contributed by atoms with Crippen LogP contribution in [0, 0.1) is 18.8 Å². The van der Waals surface area contributed by atoms with Crippen molar-refractivity contribution in [2.75, 3.05) is 6.54 Å². The van der Waals surface area contributed by atoms with Gasteiger partial charge in [-0.3, -0.25) is 0 Å². The summed E-state index contributed by atoms with van der Waals surface area (Å²) in [5.74, 6) is 5.23. The minimum absolute atomic E-state index is 0.00933. The monoisotopic (exact) mass is 313 g/mol. The summed E-state index contributed by atoms with van der Waals surface area (Å²) in [5, 5.41) is 2.42. The molecule has 1 aromatic rings. The predicted molar refractivity (Wildman–Crippen MR) is 77.3 cm³/mol. The SMILES string of the molecule is Cc1ccc(C(F)(F)F)cc1C#CCNC(=O)OC(C)(C)C. The van der Waals surface area contributed by atoms with Crippen LogP contribution in [0.5, 0.6) is 0 Å². The van der Waals surface area contributed by atoms with Crippen LogP contribution in [0.25, 0.3) is 0 Å². The molecule has 0 spiro atoms. The van der Waals surface area contributed by atoms with E-state index in [2.05, 4.69) is 17.2 Å². The summed E-state index contributed by atoms with van der Waals surface area (Å²) in [7, 11) is 0. The fourth-order valence-electron chi connectivity index (χ4n) is 1.50. The van der Waals surface area contributed by atoms with Crippen LogP contribution < -0.4 is 5.32 Å². The molecule has 120 valence electrons. The van der Waals surface area contributed by atoms with Crippen LogP contribution in [0.1, 0.15) is 37.5 Å². The molecule has 0 radical (unpaired) electrons. The Labute approximate surface area is 127 Å². The van der Waals surface area contributed by atoms with Crippen LogP contribution >= 0.6 is 0 Å². The highest BCUT2D eigenvalue weighted by atomic mass is 19.4. The lowest BCUT2D eigenvalue weighted by atomic mass is 10.1. The van der Waals surface area contributed by atoms with Gasteiger partial charge in [0.1, 0.15) is 5.60 Å². The summed E-state index contributed by atoms with van der Waals surface area (Å²) in [6, 6.07) is 3.38. The first-order valence-electron chi connectivity index (χ1n) is 6.62. The van der Waals surface area contributed by atoms with Crippen LogP contribution in [0.15, 0.2) is 18.2 Å². The number of carbonyl (C=O) groups is 1. The summed E-state index contributed by atoms with van der Waals surface area (Å²) in [6.07, 6.45) is -5.03. The molecule has 0 aliphatic rings. The quantitative estimate of drug-likeness (QED) is 0.799. The molecule has 1 amide bonds. The van der Waals surface area contributed by atoms with Crippen LogP contribution in [-0.2, 0) is 10.9 Å². The minimum atomic E-state index is -4.40. The molecule has 0 bridgehead atoms. The summed E-state index contributed by atoms with van der Waals surface area (Å²) in [4.78, 5) is 11.4. The standard InChI is InChI=1S/C16H18F3NO2/c1-11-7-8-13(16(17,18)19)10-12(11)6-5-9-20-14(21)22-15(2,3)4/h7-8,10H,9H2,1-4H3,(H,20,21). The smallest absolute Gasteiger partial charge is 0.416 e. The van der Waals surface area contributed by atoms with Gasteiger partial charge in [0.2, 0.25) is 0 Å². The number of rotatable bonds is 1. The molecule has 0 heterocycles. The molecule has 0 aromatic heterocycles. The van der Waals surface area contributed by atoms with Crippen LogP contribution in [0.2, 0.25) is 0 Å². The topological polar surface area (TPSA) is 38.3 Å². The molecule has 0 saturated heterocycles. The Morgan fingerprint density at radius 3 is 2.45 bits per heavy atom. The lowest BCUT2D eigenvalue weighted by Gasteiger charge is -2.19. The number of ether oxygens (including phenoxy) is 1.